The fourth-order valence-electron chi connectivity index (χ4n) is 0.907. The summed E-state index contributed by atoms with van der Waals surface area (Å²) in [6.45, 7) is 0. The average Bonchev–Trinajstić information content (AvgIpc) is 2.27. The first-order chi connectivity index (χ1) is 7.50. The van der Waals surface area contributed by atoms with E-state index in [2.05, 4.69) is 35.8 Å². The monoisotopic (exact) mass is 294 g/mol. The first-order valence-electron chi connectivity index (χ1n) is 4.77. The van der Waals surface area contributed by atoms with Gasteiger partial charge < -0.3 is 0 Å². The number of rotatable bonds is 0. The third-order valence-corrected chi connectivity index (χ3v) is 9.87. The highest BCUT2D eigenvalue weighted by Crippen LogP contribution is 2.48. The van der Waals surface area contributed by atoms with Crippen LogP contribution in [0.2, 0.25) is 0 Å². The zero-order valence-electron chi connectivity index (χ0n) is 8.33. The molecule has 0 saturated carbocycles. The van der Waals surface area contributed by atoms with Crippen molar-refractivity contribution < 1.29 is 0 Å². The third-order valence-electron chi connectivity index (χ3n) is 1.59. The Bertz CT molecular complexity index is 200. The topological polar surface area (TPSA) is 0 Å². The van der Waals surface area contributed by atoms with E-state index in [9.17, 15) is 0 Å². The Kier molecular flexibility index (Phi) is 10.7. The van der Waals surface area contributed by atoms with E-state index in [-0.39, 0.29) is 0 Å². The molecule has 15 heavy (non-hydrogen) atoms. The average molecular weight is 295 g/mol. The van der Waals surface area contributed by atoms with Gasteiger partial charge >= 0.3 is 0 Å². The van der Waals surface area contributed by atoms with E-state index in [0.717, 1.165) is 0 Å². The summed E-state index contributed by atoms with van der Waals surface area (Å²) in [5.41, 5.74) is 0. The maximum atomic E-state index is 2.25. The molecule has 0 saturated heterocycles. The Morgan fingerprint density at radius 3 is 2.73 bits per heavy atom. The summed E-state index contributed by atoms with van der Waals surface area (Å²) in [5.74, 6) is 1.27. The van der Waals surface area contributed by atoms with Crippen molar-refractivity contribution in [3.05, 3.63) is 35.8 Å². The van der Waals surface area contributed by atoms with Crippen LogP contribution >= 0.6 is 51.1 Å². The molecule has 0 N–H and O–H groups in total. The van der Waals surface area contributed by atoms with Crippen LogP contribution < -0.4 is 0 Å². The van der Waals surface area contributed by atoms with Crippen molar-refractivity contribution in [3.8, 4) is 0 Å². The predicted octanol–water partition coefficient (Wildman–Crippen LogP) is 6.12. The summed E-state index contributed by atoms with van der Waals surface area (Å²) >= 11 is 0. The van der Waals surface area contributed by atoms with Crippen LogP contribution in [0.1, 0.15) is 19.3 Å². The molecule has 0 aromatic carbocycles. The molecule has 84 valence electrons. The molecule has 1 rings (SSSR count). The highest BCUT2D eigenvalue weighted by atomic mass is 33.8. The lowest BCUT2D eigenvalue weighted by atomic mass is 10.2. The van der Waals surface area contributed by atoms with Crippen molar-refractivity contribution in [1.82, 2.24) is 0 Å². The van der Waals surface area contributed by atoms with Crippen LogP contribution in [0.4, 0.5) is 0 Å². The van der Waals surface area contributed by atoms with E-state index >= 15 is 0 Å². The second-order valence-corrected chi connectivity index (χ2v) is 10.5. The van der Waals surface area contributed by atoms with E-state index in [0.29, 0.717) is 0 Å². The van der Waals surface area contributed by atoms with E-state index in [4.69, 9.17) is 0 Å². The third kappa shape index (κ3) is 9.87. The maximum Gasteiger partial charge on any atom is 0.00455 e. The first-order valence-corrected chi connectivity index (χ1v) is 11.1. The highest BCUT2D eigenvalue weighted by Gasteiger charge is 1.92. The zero-order valence-corrected chi connectivity index (χ0v) is 12.4. The van der Waals surface area contributed by atoms with Gasteiger partial charge in [-0.05, 0) is 54.1 Å². The lowest BCUT2D eigenvalue weighted by Gasteiger charge is -1.97. The Morgan fingerprint density at radius 2 is 1.73 bits per heavy atom. The van der Waals surface area contributed by atoms with Crippen LogP contribution in [0, 0.1) is 0 Å². The van der Waals surface area contributed by atoms with Gasteiger partial charge in [-0.2, -0.15) is 0 Å². The molecule has 0 radical (unpaired) electrons. The zero-order chi connectivity index (χ0) is 10.6. The number of hydrogen-bond acceptors (Lipinski definition) is 5. The van der Waals surface area contributed by atoms with Gasteiger partial charge in [0.15, 0.2) is 0 Å². The Balaban J connectivity index is 2.25. The van der Waals surface area contributed by atoms with Crippen LogP contribution in [-0.2, 0) is 0 Å². The van der Waals surface area contributed by atoms with Crippen molar-refractivity contribution in [2.75, 3.05) is 5.75 Å². The molecule has 1 aliphatic heterocycles. The Hall–Kier alpha value is 0.970. The lowest BCUT2D eigenvalue weighted by Crippen LogP contribution is -1.75. The summed E-state index contributed by atoms with van der Waals surface area (Å²) < 4.78 is 0. The molecule has 5 heteroatoms. The lowest BCUT2D eigenvalue weighted by molar-refractivity contribution is 0.824. The van der Waals surface area contributed by atoms with Crippen molar-refractivity contribution >= 4 is 51.1 Å². The van der Waals surface area contributed by atoms with Crippen LogP contribution in [0.3, 0.4) is 0 Å². The van der Waals surface area contributed by atoms with Crippen molar-refractivity contribution in [2.45, 2.75) is 19.3 Å². The SMILES string of the molecule is C1=CC=CSSSSSCCCCC=C1. The van der Waals surface area contributed by atoms with Gasteiger partial charge in [0.25, 0.3) is 0 Å². The van der Waals surface area contributed by atoms with Gasteiger partial charge in [-0.3, -0.25) is 0 Å². The molecular formula is C10H14S5. The quantitative estimate of drug-likeness (QED) is 0.492. The standard InChI is InChI=1S/C10H14S5/c1-2-4-6-8-10-12-14-15-13-11-9-7-5-3-1/h1-3,5,7,9H,4,6,8,10H2. The summed E-state index contributed by atoms with van der Waals surface area (Å²) in [4.78, 5) is 0. The minimum absolute atomic E-state index is 1.20. The van der Waals surface area contributed by atoms with E-state index < -0.39 is 0 Å². The van der Waals surface area contributed by atoms with Crippen LogP contribution in [-0.4, -0.2) is 5.75 Å². The smallest absolute Gasteiger partial charge is 0.00455 e. The molecule has 0 fully saturated rings. The minimum atomic E-state index is 1.20. The van der Waals surface area contributed by atoms with Crippen LogP contribution in [0.25, 0.3) is 0 Å². The van der Waals surface area contributed by atoms with Crippen LogP contribution in [0.15, 0.2) is 35.8 Å². The maximum absolute atomic E-state index is 2.25. The number of hydrogen-bond donors (Lipinski definition) is 0. The molecule has 1 heterocycles. The Labute approximate surface area is 111 Å². The first kappa shape index (κ1) is 14.0. The van der Waals surface area contributed by atoms with Gasteiger partial charge in [0.1, 0.15) is 0 Å². The molecule has 0 amide bonds. The fraction of sp³-hybridized carbons (Fsp3) is 0.400. The summed E-state index contributed by atoms with van der Waals surface area (Å²) in [5, 5.41) is 2.12. The number of allylic oxidation sites excluding steroid dienone is 5. The van der Waals surface area contributed by atoms with Gasteiger partial charge in [0.2, 0.25) is 0 Å². The van der Waals surface area contributed by atoms with Gasteiger partial charge in [0, 0.05) is 5.75 Å². The van der Waals surface area contributed by atoms with E-state index in [1.54, 1.807) is 10.8 Å². The molecule has 0 aromatic rings. The molecule has 0 unspecified atom stereocenters. The van der Waals surface area contributed by atoms with Gasteiger partial charge in [-0.15, -0.1) is 0 Å². The van der Waals surface area contributed by atoms with Gasteiger partial charge in [-0.25, -0.2) is 0 Å². The molecule has 0 bridgehead atoms. The molecule has 0 aliphatic carbocycles. The van der Waals surface area contributed by atoms with Gasteiger partial charge in [-0.1, -0.05) is 52.0 Å². The van der Waals surface area contributed by atoms with E-state index in [1.165, 1.54) is 25.0 Å². The minimum Gasteiger partial charge on any atom is -0.0845 e. The summed E-state index contributed by atoms with van der Waals surface area (Å²) in [6.07, 6.45) is 14.5. The molecular weight excluding hydrogens is 280 g/mol. The molecule has 0 nitrogen and oxygen atoms in total. The second-order valence-electron chi connectivity index (χ2n) is 2.76. The second kappa shape index (κ2) is 11.5. The van der Waals surface area contributed by atoms with Crippen LogP contribution in [0.5, 0.6) is 0 Å². The van der Waals surface area contributed by atoms with Crippen molar-refractivity contribution in [3.63, 3.8) is 0 Å². The normalized spacial score (nSPS) is 20.8. The fourth-order valence-corrected chi connectivity index (χ4v) is 9.00. The van der Waals surface area contributed by atoms with Gasteiger partial charge in [0.05, 0.1) is 0 Å². The largest absolute Gasteiger partial charge is 0.0845 e. The molecule has 0 atom stereocenters. The van der Waals surface area contributed by atoms with Crippen molar-refractivity contribution in [1.29, 1.82) is 0 Å². The summed E-state index contributed by atoms with van der Waals surface area (Å²) in [6, 6.07) is 0. The predicted molar refractivity (Wildman–Crippen MR) is 84.1 cm³/mol. The molecule has 0 aromatic heterocycles. The highest BCUT2D eigenvalue weighted by molar-refractivity contribution is 9.35. The molecule has 1 aliphatic rings. The Morgan fingerprint density at radius 1 is 0.800 bits per heavy atom. The molecule has 0 spiro atoms. The van der Waals surface area contributed by atoms with E-state index in [1.807, 2.05) is 40.3 Å². The summed E-state index contributed by atoms with van der Waals surface area (Å²) in [7, 11) is 9.31. The van der Waals surface area contributed by atoms with Crippen molar-refractivity contribution in [2.24, 2.45) is 0 Å².